The Labute approximate surface area is 163 Å². The van der Waals surface area contributed by atoms with Gasteiger partial charge in [0, 0.05) is 24.7 Å². The number of imidazole rings is 1. The van der Waals surface area contributed by atoms with Gasteiger partial charge >= 0.3 is 5.97 Å². The van der Waals surface area contributed by atoms with E-state index in [0.717, 1.165) is 36.4 Å². The molecule has 0 bridgehead atoms. The lowest BCUT2D eigenvalue weighted by Gasteiger charge is -2.26. The van der Waals surface area contributed by atoms with E-state index in [9.17, 15) is 15.2 Å². The summed E-state index contributed by atoms with van der Waals surface area (Å²) in [6.45, 7) is 3.48. The monoisotopic (exact) mass is 377 g/mol. The third-order valence-corrected chi connectivity index (χ3v) is 5.73. The molecule has 1 saturated heterocycles. The van der Waals surface area contributed by atoms with Crippen LogP contribution in [-0.2, 0) is 11.2 Å². The second kappa shape index (κ2) is 6.80. The summed E-state index contributed by atoms with van der Waals surface area (Å²) in [5.74, 6) is -0.0488. The molecule has 7 heteroatoms. The summed E-state index contributed by atoms with van der Waals surface area (Å²) in [7, 11) is 4.14. The van der Waals surface area contributed by atoms with Crippen molar-refractivity contribution in [2.24, 2.45) is 0 Å². The smallest absolute Gasteiger partial charge is 0.307 e. The fourth-order valence-electron chi connectivity index (χ4n) is 4.21. The highest BCUT2D eigenvalue weighted by atomic mass is 16.4. The fourth-order valence-corrected chi connectivity index (χ4v) is 4.21. The minimum absolute atomic E-state index is 0.124. The Kier molecular flexibility index (Phi) is 4.44. The Hall–Kier alpha value is -3.11. The van der Waals surface area contributed by atoms with Crippen LogP contribution in [0, 0.1) is 18.3 Å². The summed E-state index contributed by atoms with van der Waals surface area (Å²) in [5.41, 5.74) is 4.13. The molecule has 7 nitrogen and oxygen atoms in total. The predicted octanol–water partition coefficient (Wildman–Crippen LogP) is 2.44. The van der Waals surface area contributed by atoms with Gasteiger partial charge in [-0.3, -0.25) is 9.20 Å². The van der Waals surface area contributed by atoms with Gasteiger partial charge in [0.1, 0.15) is 11.9 Å². The molecule has 1 aromatic carbocycles. The number of hydrogen-bond donors (Lipinski definition) is 1. The van der Waals surface area contributed by atoms with E-state index in [1.807, 2.05) is 35.6 Å². The van der Waals surface area contributed by atoms with E-state index in [2.05, 4.69) is 30.0 Å². The zero-order valence-corrected chi connectivity index (χ0v) is 16.3. The second-order valence-electron chi connectivity index (χ2n) is 7.60. The molecule has 2 aromatic heterocycles. The maximum atomic E-state index is 11.7. The third kappa shape index (κ3) is 2.77. The van der Waals surface area contributed by atoms with Crippen molar-refractivity contribution in [1.29, 1.82) is 5.26 Å². The van der Waals surface area contributed by atoms with Gasteiger partial charge < -0.3 is 14.9 Å². The number of aliphatic carboxylic acids is 1. The lowest BCUT2D eigenvalue weighted by molar-refractivity contribution is -0.136. The summed E-state index contributed by atoms with van der Waals surface area (Å²) < 4.78 is 1.98. The first kappa shape index (κ1) is 18.3. The number of carboxylic acids is 1. The van der Waals surface area contributed by atoms with Crippen LogP contribution in [0.5, 0.6) is 0 Å². The highest BCUT2D eigenvalue weighted by molar-refractivity contribution is 5.87. The molecule has 1 fully saturated rings. The van der Waals surface area contributed by atoms with Crippen LogP contribution in [0.25, 0.3) is 16.7 Å². The van der Waals surface area contributed by atoms with E-state index in [1.54, 1.807) is 0 Å². The van der Waals surface area contributed by atoms with Crippen molar-refractivity contribution in [1.82, 2.24) is 14.3 Å². The minimum Gasteiger partial charge on any atom is -0.481 e. The Bertz CT molecular complexity index is 1130. The summed E-state index contributed by atoms with van der Waals surface area (Å²) in [4.78, 5) is 20.8. The Morgan fingerprint density at radius 2 is 2.14 bits per heavy atom. The number of nitriles is 1. The number of fused-ring (bicyclic) bond motifs is 3. The van der Waals surface area contributed by atoms with E-state index >= 15 is 0 Å². The highest BCUT2D eigenvalue weighted by Gasteiger charge is 2.30. The number of aromatic nitrogens is 2. The average molecular weight is 377 g/mol. The molecule has 4 rings (SSSR count). The van der Waals surface area contributed by atoms with Crippen LogP contribution in [0.1, 0.15) is 23.1 Å². The number of anilines is 1. The van der Waals surface area contributed by atoms with Crippen LogP contribution < -0.4 is 4.90 Å². The molecule has 3 heterocycles. The van der Waals surface area contributed by atoms with E-state index in [1.165, 1.54) is 0 Å². The molecule has 1 aliphatic rings. The van der Waals surface area contributed by atoms with Gasteiger partial charge in [-0.1, -0.05) is 12.1 Å². The molecule has 1 N–H and O–H groups in total. The van der Waals surface area contributed by atoms with Gasteiger partial charge in [0.25, 0.3) is 0 Å². The van der Waals surface area contributed by atoms with Crippen LogP contribution in [0.15, 0.2) is 24.3 Å². The average Bonchev–Trinajstić information content (AvgIpc) is 3.27. The fraction of sp³-hybridized carbons (Fsp3) is 0.381. The predicted molar refractivity (Wildman–Crippen MR) is 108 cm³/mol. The van der Waals surface area contributed by atoms with Gasteiger partial charge in [0.15, 0.2) is 5.65 Å². The molecule has 144 valence electrons. The SMILES string of the molecule is Cc1c(CC(=O)O)c(N2CC[C@H](N(C)C)C2)n2c(nc3ccccc32)c1C#N. The standard InChI is InChI=1S/C21H23N5O2/c1-13-15(10-19(27)28)21(25-9-8-14(12-25)24(2)3)26-18-7-5-4-6-17(18)23-20(26)16(13)11-22/h4-7,14H,8-10,12H2,1-3H3,(H,27,28)/t14-/m0/s1. The Morgan fingerprint density at radius 3 is 2.79 bits per heavy atom. The summed E-state index contributed by atoms with van der Waals surface area (Å²) in [6.07, 6.45) is 0.883. The van der Waals surface area contributed by atoms with Crippen molar-refractivity contribution >= 4 is 28.5 Å². The van der Waals surface area contributed by atoms with Crippen molar-refractivity contribution < 1.29 is 9.90 Å². The molecular weight excluding hydrogens is 354 g/mol. The quantitative estimate of drug-likeness (QED) is 0.752. The summed E-state index contributed by atoms with van der Waals surface area (Å²) in [6, 6.07) is 10.4. The summed E-state index contributed by atoms with van der Waals surface area (Å²) >= 11 is 0. The maximum absolute atomic E-state index is 11.7. The van der Waals surface area contributed by atoms with Crippen LogP contribution in [0.2, 0.25) is 0 Å². The second-order valence-corrected chi connectivity index (χ2v) is 7.60. The topological polar surface area (TPSA) is 84.9 Å². The van der Waals surface area contributed by atoms with Gasteiger partial charge in [0.05, 0.1) is 23.0 Å². The van der Waals surface area contributed by atoms with E-state index in [-0.39, 0.29) is 6.42 Å². The zero-order valence-electron chi connectivity index (χ0n) is 16.3. The van der Waals surface area contributed by atoms with Gasteiger partial charge in [0.2, 0.25) is 0 Å². The van der Waals surface area contributed by atoms with E-state index in [0.29, 0.717) is 28.4 Å². The minimum atomic E-state index is -0.902. The molecular formula is C21H23N5O2. The largest absolute Gasteiger partial charge is 0.481 e. The number of para-hydroxylation sites is 2. The Morgan fingerprint density at radius 1 is 1.39 bits per heavy atom. The van der Waals surface area contributed by atoms with Crippen molar-refractivity contribution in [2.75, 3.05) is 32.1 Å². The van der Waals surface area contributed by atoms with Gasteiger partial charge in [-0.05, 0) is 45.1 Å². The molecule has 0 radical (unpaired) electrons. The molecule has 3 aromatic rings. The maximum Gasteiger partial charge on any atom is 0.307 e. The lowest BCUT2D eigenvalue weighted by atomic mass is 10.0. The van der Waals surface area contributed by atoms with Gasteiger partial charge in [-0.25, -0.2) is 4.98 Å². The molecule has 0 saturated carbocycles. The number of carboxylic acid groups (broad SMARTS) is 1. The number of carbonyl (C=O) groups is 1. The zero-order chi connectivity index (χ0) is 20.0. The normalized spacial score (nSPS) is 17.0. The van der Waals surface area contributed by atoms with Crippen molar-refractivity contribution in [2.45, 2.75) is 25.8 Å². The van der Waals surface area contributed by atoms with E-state index in [4.69, 9.17) is 4.98 Å². The van der Waals surface area contributed by atoms with Crippen LogP contribution in [0.4, 0.5) is 5.82 Å². The highest BCUT2D eigenvalue weighted by Crippen LogP contribution is 2.35. The van der Waals surface area contributed by atoms with Crippen LogP contribution in [-0.4, -0.2) is 58.6 Å². The molecule has 0 spiro atoms. The number of pyridine rings is 1. The van der Waals surface area contributed by atoms with Crippen molar-refractivity contribution in [3.8, 4) is 6.07 Å². The molecule has 28 heavy (non-hydrogen) atoms. The Balaban J connectivity index is 2.07. The molecule has 1 aliphatic heterocycles. The van der Waals surface area contributed by atoms with Crippen LogP contribution >= 0.6 is 0 Å². The third-order valence-electron chi connectivity index (χ3n) is 5.73. The van der Waals surface area contributed by atoms with E-state index < -0.39 is 5.97 Å². The van der Waals surface area contributed by atoms with Gasteiger partial charge in [-0.15, -0.1) is 0 Å². The molecule has 1 atom stereocenters. The number of nitrogens with zero attached hydrogens (tertiary/aromatic N) is 5. The first-order chi connectivity index (χ1) is 13.4. The van der Waals surface area contributed by atoms with Crippen molar-refractivity contribution in [3.63, 3.8) is 0 Å². The molecule has 0 aliphatic carbocycles. The lowest BCUT2D eigenvalue weighted by Crippen LogP contribution is -2.33. The molecule has 0 unspecified atom stereocenters. The number of benzene rings is 1. The van der Waals surface area contributed by atoms with Crippen LogP contribution in [0.3, 0.4) is 0 Å². The summed E-state index contributed by atoms with van der Waals surface area (Å²) in [5, 5.41) is 19.4. The molecule has 0 amide bonds. The number of likely N-dealkylation sites (N-methyl/N-ethyl adjacent to an activating group) is 1. The number of hydrogen-bond acceptors (Lipinski definition) is 5. The van der Waals surface area contributed by atoms with Gasteiger partial charge in [-0.2, -0.15) is 5.26 Å². The van der Waals surface area contributed by atoms with Crippen molar-refractivity contribution in [3.05, 3.63) is 41.0 Å². The first-order valence-corrected chi connectivity index (χ1v) is 9.38. The number of rotatable bonds is 4. The first-order valence-electron chi connectivity index (χ1n) is 9.38.